The number of carbonyl (C=O) groups is 2. The van der Waals surface area contributed by atoms with Crippen LogP contribution in [0.25, 0.3) is 6.08 Å². The van der Waals surface area contributed by atoms with Crippen LogP contribution in [0, 0.1) is 0 Å². The maximum Gasteiger partial charge on any atom is 0.290 e. The molecule has 2 heterocycles. The van der Waals surface area contributed by atoms with Crippen molar-refractivity contribution in [3.05, 3.63) is 34.2 Å². The lowest BCUT2D eigenvalue weighted by Crippen LogP contribution is -2.48. The van der Waals surface area contributed by atoms with E-state index in [4.69, 9.17) is 0 Å². The van der Waals surface area contributed by atoms with Crippen molar-refractivity contribution < 1.29 is 9.59 Å². The molecule has 0 aliphatic carbocycles. The largest absolute Gasteiger partial charge is 0.366 e. The van der Waals surface area contributed by atoms with Crippen molar-refractivity contribution in [2.45, 2.75) is 45.6 Å². The number of imide groups is 1. The number of carbonyl (C=O) groups excluding carboxylic acids is 2. The van der Waals surface area contributed by atoms with E-state index in [1.807, 2.05) is 6.07 Å². The Labute approximate surface area is 141 Å². The van der Waals surface area contributed by atoms with Gasteiger partial charge in [-0.15, -0.1) is 0 Å². The molecule has 1 atom stereocenters. The Morgan fingerprint density at radius 3 is 2.74 bits per heavy atom. The van der Waals surface area contributed by atoms with E-state index >= 15 is 0 Å². The Bertz CT molecular complexity index is 709. The van der Waals surface area contributed by atoms with Crippen LogP contribution in [0.15, 0.2) is 23.1 Å². The second-order valence-corrected chi connectivity index (χ2v) is 7.85. The summed E-state index contributed by atoms with van der Waals surface area (Å²) in [5.41, 5.74) is 3.71. The second kappa shape index (κ2) is 5.71. The fourth-order valence-corrected chi connectivity index (χ4v) is 4.45. The first-order chi connectivity index (χ1) is 10.8. The number of rotatable bonds is 2. The fourth-order valence-electron chi connectivity index (χ4n) is 3.77. The molecule has 5 heteroatoms. The zero-order valence-electron chi connectivity index (χ0n) is 14.0. The lowest BCUT2D eigenvalue weighted by molar-refractivity contribution is -0.115. The number of benzene rings is 1. The summed E-state index contributed by atoms with van der Waals surface area (Å²) in [6, 6.07) is 6.32. The highest BCUT2D eigenvalue weighted by molar-refractivity contribution is 8.18. The van der Waals surface area contributed by atoms with Crippen LogP contribution in [-0.4, -0.2) is 23.2 Å². The third kappa shape index (κ3) is 2.90. The Morgan fingerprint density at radius 2 is 2.13 bits per heavy atom. The van der Waals surface area contributed by atoms with E-state index in [-0.39, 0.29) is 16.7 Å². The van der Waals surface area contributed by atoms with E-state index in [0.29, 0.717) is 10.8 Å². The molecule has 3 rings (SSSR count). The van der Waals surface area contributed by atoms with Crippen LogP contribution in [0.1, 0.15) is 51.2 Å². The molecule has 0 spiro atoms. The zero-order chi connectivity index (χ0) is 16.8. The maximum absolute atomic E-state index is 11.7. The first kappa shape index (κ1) is 16.1. The lowest BCUT2D eigenvalue weighted by Gasteiger charge is -2.47. The van der Waals surface area contributed by atoms with Crippen LogP contribution >= 0.6 is 11.8 Å². The highest BCUT2D eigenvalue weighted by atomic mass is 32.2. The number of hydrogen-bond donors (Lipinski definition) is 1. The smallest absolute Gasteiger partial charge is 0.290 e. The summed E-state index contributed by atoms with van der Waals surface area (Å²) in [5, 5.41) is 1.99. The van der Waals surface area contributed by atoms with Gasteiger partial charge in [0, 0.05) is 17.8 Å². The van der Waals surface area contributed by atoms with E-state index in [1.54, 1.807) is 6.08 Å². The number of anilines is 1. The molecule has 1 aromatic carbocycles. The lowest BCUT2D eigenvalue weighted by atomic mass is 9.79. The highest BCUT2D eigenvalue weighted by Gasteiger charge is 2.35. The van der Waals surface area contributed by atoms with Crippen LogP contribution in [0.4, 0.5) is 10.5 Å². The molecule has 0 bridgehead atoms. The van der Waals surface area contributed by atoms with Crippen molar-refractivity contribution in [1.82, 2.24) is 5.32 Å². The number of nitrogens with one attached hydrogen (secondary N) is 1. The summed E-state index contributed by atoms with van der Waals surface area (Å²) >= 11 is 0.963. The molecule has 2 aliphatic rings. The summed E-state index contributed by atoms with van der Waals surface area (Å²) in [7, 11) is 0. The predicted octanol–water partition coefficient (Wildman–Crippen LogP) is 4.12. The molecule has 0 saturated carbocycles. The van der Waals surface area contributed by atoms with Crippen molar-refractivity contribution in [3.63, 3.8) is 0 Å². The monoisotopic (exact) mass is 330 g/mol. The molecule has 2 amide bonds. The van der Waals surface area contributed by atoms with E-state index in [2.05, 4.69) is 50.0 Å². The number of hydrogen-bond acceptors (Lipinski definition) is 4. The van der Waals surface area contributed by atoms with Gasteiger partial charge in [0.1, 0.15) is 0 Å². The molecule has 1 unspecified atom stereocenters. The van der Waals surface area contributed by atoms with Crippen molar-refractivity contribution in [3.8, 4) is 0 Å². The van der Waals surface area contributed by atoms with Crippen molar-refractivity contribution in [2.24, 2.45) is 0 Å². The van der Waals surface area contributed by atoms with E-state index < -0.39 is 0 Å². The first-order valence-corrected chi connectivity index (χ1v) is 8.80. The van der Waals surface area contributed by atoms with Gasteiger partial charge in [-0.1, -0.05) is 13.0 Å². The van der Waals surface area contributed by atoms with Gasteiger partial charge in [0.25, 0.3) is 11.1 Å². The molecule has 0 radical (unpaired) electrons. The van der Waals surface area contributed by atoms with Crippen molar-refractivity contribution >= 4 is 34.7 Å². The quantitative estimate of drug-likeness (QED) is 0.829. The topological polar surface area (TPSA) is 49.4 Å². The molecular weight excluding hydrogens is 308 g/mol. The summed E-state index contributed by atoms with van der Waals surface area (Å²) in [5.74, 6) is 0.162. The maximum atomic E-state index is 11.7. The van der Waals surface area contributed by atoms with Crippen LogP contribution in [-0.2, 0) is 4.79 Å². The van der Waals surface area contributed by atoms with Gasteiger partial charge in [-0.25, -0.2) is 0 Å². The molecule has 1 aromatic rings. The van der Waals surface area contributed by atoms with Crippen LogP contribution in [0.5, 0.6) is 0 Å². The summed E-state index contributed by atoms with van der Waals surface area (Å²) in [4.78, 5) is 25.9. The number of amides is 2. The normalized spacial score (nSPS) is 24.8. The summed E-state index contributed by atoms with van der Waals surface area (Å²) in [6.07, 6.45) is 2.90. The van der Waals surface area contributed by atoms with Gasteiger partial charge >= 0.3 is 0 Å². The molecule has 122 valence electrons. The third-order valence-electron chi connectivity index (χ3n) is 4.67. The molecule has 2 aliphatic heterocycles. The van der Waals surface area contributed by atoms with Crippen LogP contribution < -0.4 is 10.2 Å². The van der Waals surface area contributed by atoms with Gasteiger partial charge in [0.2, 0.25) is 0 Å². The minimum atomic E-state index is -0.304. The molecule has 1 N–H and O–H groups in total. The second-order valence-electron chi connectivity index (χ2n) is 6.83. The van der Waals surface area contributed by atoms with Gasteiger partial charge in [0.15, 0.2) is 0 Å². The summed E-state index contributed by atoms with van der Waals surface area (Å²) in [6.45, 7) is 9.99. The standard InChI is InChI=1S/C18H22N2O2S/c1-5-20-14-7-6-12(9-15-16(21)19-17(22)23-15)8-13(14)11(2)10-18(20,3)4/h6-9,11H,5,10H2,1-4H3,(H,19,21,22)/b15-9-. The Balaban J connectivity index is 2.00. The van der Waals surface area contributed by atoms with E-state index in [0.717, 1.165) is 30.3 Å². The first-order valence-electron chi connectivity index (χ1n) is 7.98. The Kier molecular flexibility index (Phi) is 4.00. The zero-order valence-corrected chi connectivity index (χ0v) is 14.8. The molecule has 23 heavy (non-hydrogen) atoms. The Hall–Kier alpha value is -1.75. The van der Waals surface area contributed by atoms with Crippen molar-refractivity contribution in [2.75, 3.05) is 11.4 Å². The minimum Gasteiger partial charge on any atom is -0.366 e. The van der Waals surface area contributed by atoms with Crippen molar-refractivity contribution in [1.29, 1.82) is 0 Å². The third-order valence-corrected chi connectivity index (χ3v) is 5.48. The minimum absolute atomic E-state index is 0.148. The fraction of sp³-hybridized carbons (Fsp3) is 0.444. The SMILES string of the molecule is CCN1c2ccc(/C=C3\SC(=O)NC3=O)cc2C(C)CC1(C)C. The summed E-state index contributed by atoms with van der Waals surface area (Å²) < 4.78 is 0. The van der Waals surface area contributed by atoms with E-state index in [1.165, 1.54) is 11.3 Å². The average molecular weight is 330 g/mol. The molecule has 0 aromatic heterocycles. The highest BCUT2D eigenvalue weighted by Crippen LogP contribution is 2.43. The molecule has 1 saturated heterocycles. The van der Waals surface area contributed by atoms with Gasteiger partial charge in [0.05, 0.1) is 4.91 Å². The predicted molar refractivity (Wildman–Crippen MR) is 95.7 cm³/mol. The molecular formula is C18H22N2O2S. The Morgan fingerprint density at radius 1 is 1.39 bits per heavy atom. The van der Waals surface area contributed by atoms with Gasteiger partial charge in [-0.3, -0.25) is 14.9 Å². The molecule has 4 nitrogen and oxygen atoms in total. The van der Waals surface area contributed by atoms with Gasteiger partial charge in [-0.2, -0.15) is 0 Å². The average Bonchev–Trinajstić information content (AvgIpc) is 2.77. The number of nitrogens with zero attached hydrogens (tertiary/aromatic N) is 1. The molecule has 1 fully saturated rings. The van der Waals surface area contributed by atoms with Gasteiger partial charge in [-0.05, 0) is 74.2 Å². The van der Waals surface area contributed by atoms with Crippen LogP contribution in [0.3, 0.4) is 0 Å². The number of thioether (sulfide) groups is 1. The van der Waals surface area contributed by atoms with Crippen LogP contribution in [0.2, 0.25) is 0 Å². The number of fused-ring (bicyclic) bond motifs is 1. The van der Waals surface area contributed by atoms with E-state index in [9.17, 15) is 9.59 Å². The van der Waals surface area contributed by atoms with Gasteiger partial charge < -0.3 is 4.90 Å².